The molecule has 1 aliphatic carbocycles. The molecule has 2 heteroatoms. The largest absolute Gasteiger partial charge is 0.361 e. The molecule has 16 heavy (non-hydrogen) atoms. The first-order valence-corrected chi connectivity index (χ1v) is 5.29. The zero-order valence-electron chi connectivity index (χ0n) is 8.72. The summed E-state index contributed by atoms with van der Waals surface area (Å²) in [6.45, 7) is 0. The Balaban J connectivity index is 2.36. The Morgan fingerprint density at radius 1 is 1.06 bits per heavy atom. The number of hydrogen-bond acceptors (Lipinski definition) is 0. The highest BCUT2D eigenvalue weighted by Crippen LogP contribution is 2.23. The Labute approximate surface area is 93.5 Å². The van der Waals surface area contributed by atoms with E-state index in [1.807, 2.05) is 24.3 Å². The minimum atomic E-state index is 0.645. The summed E-state index contributed by atoms with van der Waals surface area (Å²) >= 11 is 0. The molecule has 3 rings (SSSR count). The van der Waals surface area contributed by atoms with E-state index in [9.17, 15) is 0 Å². The molecule has 0 radical (unpaired) electrons. The smallest absolute Gasteiger partial charge is 0.322 e. The topological polar surface area (TPSA) is 36.4 Å². The third-order valence-electron chi connectivity index (χ3n) is 2.97. The Bertz CT molecular complexity index is 647. The van der Waals surface area contributed by atoms with Crippen LogP contribution in [0.2, 0.25) is 0 Å². The van der Waals surface area contributed by atoms with Crippen molar-refractivity contribution in [2.24, 2.45) is 0 Å². The molecule has 0 bridgehead atoms. The van der Waals surface area contributed by atoms with Crippen LogP contribution in [0.5, 0.6) is 0 Å². The molecular formula is C14H10N2. The monoisotopic (exact) mass is 206 g/mol. The highest BCUT2D eigenvalue weighted by molar-refractivity contribution is 6.09. The van der Waals surface area contributed by atoms with E-state index in [2.05, 4.69) is 29.1 Å². The van der Waals surface area contributed by atoms with Gasteiger partial charge in [0.2, 0.25) is 0 Å². The quantitative estimate of drug-likeness (QED) is 0.469. The molecule has 2 nitrogen and oxygen atoms in total. The third-order valence-corrected chi connectivity index (χ3v) is 2.97. The zero-order chi connectivity index (χ0) is 11.0. The number of allylic oxidation sites excluding steroid dienone is 2. The van der Waals surface area contributed by atoms with Gasteiger partial charge < -0.3 is 5.53 Å². The van der Waals surface area contributed by atoms with Crippen molar-refractivity contribution in [3.05, 3.63) is 65.2 Å². The summed E-state index contributed by atoms with van der Waals surface area (Å²) in [5.41, 5.74) is 11.8. The van der Waals surface area contributed by atoms with E-state index in [1.165, 1.54) is 16.3 Å². The van der Waals surface area contributed by atoms with Crippen LogP contribution in [0.3, 0.4) is 0 Å². The number of fused-ring (bicyclic) bond motifs is 2. The van der Waals surface area contributed by atoms with Gasteiger partial charge in [-0.2, -0.15) is 4.79 Å². The predicted octanol–water partition coefficient (Wildman–Crippen LogP) is 2.97. The fourth-order valence-corrected chi connectivity index (χ4v) is 2.17. The molecule has 0 fully saturated rings. The van der Waals surface area contributed by atoms with Gasteiger partial charge in [-0.25, -0.2) is 0 Å². The van der Waals surface area contributed by atoms with Crippen molar-refractivity contribution in [2.75, 3.05) is 0 Å². The van der Waals surface area contributed by atoms with Gasteiger partial charge in [0, 0.05) is 6.08 Å². The van der Waals surface area contributed by atoms with Crippen LogP contribution in [-0.2, 0) is 6.42 Å². The van der Waals surface area contributed by atoms with Crippen LogP contribution in [0.1, 0.15) is 11.1 Å². The summed E-state index contributed by atoms with van der Waals surface area (Å²) in [6, 6.07) is 12.5. The fourth-order valence-electron chi connectivity index (χ4n) is 2.17. The van der Waals surface area contributed by atoms with Gasteiger partial charge in [-0.3, -0.25) is 0 Å². The predicted molar refractivity (Wildman–Crippen MR) is 64.5 cm³/mol. The van der Waals surface area contributed by atoms with Crippen molar-refractivity contribution in [2.45, 2.75) is 6.42 Å². The van der Waals surface area contributed by atoms with Crippen LogP contribution in [0.25, 0.3) is 16.3 Å². The minimum Gasteiger partial charge on any atom is -0.361 e. The van der Waals surface area contributed by atoms with Gasteiger partial charge in [0.1, 0.15) is 0 Å². The standard InChI is InChI=1S/C14H10N2/c15-16-14-7-3-6-12-8-10-4-1-2-5-11(10)9-13(12)14/h1-5,7-9H,6H2. The number of nitrogens with zero attached hydrogens (tertiary/aromatic N) is 2. The molecule has 0 aromatic heterocycles. The van der Waals surface area contributed by atoms with Gasteiger partial charge in [-0.1, -0.05) is 30.3 Å². The lowest BCUT2D eigenvalue weighted by molar-refractivity contribution is -0.00231. The van der Waals surface area contributed by atoms with Crippen molar-refractivity contribution < 1.29 is 4.79 Å². The van der Waals surface area contributed by atoms with Crippen molar-refractivity contribution in [3.8, 4) is 0 Å². The first-order chi connectivity index (χ1) is 7.88. The summed E-state index contributed by atoms with van der Waals surface area (Å²) in [7, 11) is 0. The lowest BCUT2D eigenvalue weighted by Crippen LogP contribution is -2.07. The highest BCUT2D eigenvalue weighted by Gasteiger charge is 2.17. The Hall–Kier alpha value is -2.18. The van der Waals surface area contributed by atoms with Crippen molar-refractivity contribution in [3.63, 3.8) is 0 Å². The van der Waals surface area contributed by atoms with E-state index < -0.39 is 0 Å². The second-order valence-electron chi connectivity index (χ2n) is 3.95. The van der Waals surface area contributed by atoms with Crippen molar-refractivity contribution in [1.82, 2.24) is 0 Å². The van der Waals surface area contributed by atoms with Gasteiger partial charge in [0.25, 0.3) is 0 Å². The average Bonchev–Trinajstić information content (AvgIpc) is 2.35. The van der Waals surface area contributed by atoms with Gasteiger partial charge in [0.05, 0.1) is 5.56 Å². The maximum atomic E-state index is 8.95. The molecule has 0 atom stereocenters. The first kappa shape index (κ1) is 9.08. The summed E-state index contributed by atoms with van der Waals surface area (Å²) in [6.07, 6.45) is 4.78. The number of benzene rings is 2. The fraction of sp³-hybridized carbons (Fsp3) is 0.0714. The molecule has 0 heterocycles. The van der Waals surface area contributed by atoms with Crippen LogP contribution in [0, 0.1) is 0 Å². The molecule has 0 spiro atoms. The first-order valence-electron chi connectivity index (χ1n) is 5.29. The van der Waals surface area contributed by atoms with Crippen LogP contribution >= 0.6 is 0 Å². The van der Waals surface area contributed by atoms with Gasteiger partial charge in [0.15, 0.2) is 0 Å². The van der Waals surface area contributed by atoms with E-state index in [-0.39, 0.29) is 0 Å². The van der Waals surface area contributed by atoms with Crippen LogP contribution < -0.4 is 0 Å². The molecule has 0 amide bonds. The molecule has 0 unspecified atom stereocenters. The number of rotatable bonds is 0. The third kappa shape index (κ3) is 1.28. The number of hydrogen-bond donors (Lipinski definition) is 0. The van der Waals surface area contributed by atoms with E-state index >= 15 is 0 Å². The van der Waals surface area contributed by atoms with Gasteiger partial charge >= 0.3 is 5.71 Å². The summed E-state index contributed by atoms with van der Waals surface area (Å²) in [5.74, 6) is 0. The summed E-state index contributed by atoms with van der Waals surface area (Å²) in [5, 5.41) is 2.41. The molecule has 1 aliphatic rings. The second kappa shape index (κ2) is 3.44. The summed E-state index contributed by atoms with van der Waals surface area (Å²) < 4.78 is 0. The van der Waals surface area contributed by atoms with E-state index in [1.54, 1.807) is 0 Å². The average molecular weight is 206 g/mol. The van der Waals surface area contributed by atoms with Crippen LogP contribution in [0.15, 0.2) is 48.6 Å². The highest BCUT2D eigenvalue weighted by atomic mass is 14.9. The Morgan fingerprint density at radius 3 is 2.56 bits per heavy atom. The van der Waals surface area contributed by atoms with E-state index in [0.29, 0.717) is 5.71 Å². The summed E-state index contributed by atoms with van der Waals surface area (Å²) in [4.78, 5) is 3.33. The van der Waals surface area contributed by atoms with Gasteiger partial charge in [-0.15, -0.1) is 0 Å². The maximum Gasteiger partial charge on any atom is 0.322 e. The molecule has 0 saturated heterocycles. The Kier molecular flexibility index (Phi) is 1.95. The molecule has 2 aromatic rings. The van der Waals surface area contributed by atoms with E-state index in [4.69, 9.17) is 5.53 Å². The second-order valence-corrected chi connectivity index (χ2v) is 3.95. The van der Waals surface area contributed by atoms with E-state index in [0.717, 1.165) is 12.0 Å². The molecule has 0 saturated carbocycles. The van der Waals surface area contributed by atoms with Gasteiger partial charge in [-0.05, 0) is 34.9 Å². The molecule has 0 N–H and O–H groups in total. The Morgan fingerprint density at radius 2 is 1.81 bits per heavy atom. The van der Waals surface area contributed by atoms with Crippen molar-refractivity contribution >= 4 is 16.5 Å². The minimum absolute atomic E-state index is 0.645. The van der Waals surface area contributed by atoms with Crippen molar-refractivity contribution in [1.29, 1.82) is 0 Å². The normalized spacial score (nSPS) is 13.6. The lowest BCUT2D eigenvalue weighted by Gasteiger charge is -2.09. The zero-order valence-corrected chi connectivity index (χ0v) is 8.72. The molecule has 76 valence electrons. The van der Waals surface area contributed by atoms with Crippen LogP contribution in [-0.4, -0.2) is 10.5 Å². The lowest BCUT2D eigenvalue weighted by atomic mass is 9.92. The SMILES string of the molecule is [N-]=[N+]=C1C=CCc2cc3ccccc3cc21. The van der Waals surface area contributed by atoms with Crippen LogP contribution in [0.4, 0.5) is 0 Å². The molecule has 0 aliphatic heterocycles. The maximum absolute atomic E-state index is 8.95. The molecule has 2 aromatic carbocycles. The molecular weight excluding hydrogens is 196 g/mol.